The highest BCUT2D eigenvalue weighted by atomic mass is 16.3. The number of urea groups is 1. The molecule has 1 aromatic carbocycles. The summed E-state index contributed by atoms with van der Waals surface area (Å²) < 4.78 is 0. The van der Waals surface area contributed by atoms with Crippen molar-refractivity contribution in [3.63, 3.8) is 0 Å². The number of anilines is 1. The lowest BCUT2D eigenvalue weighted by atomic mass is 10.1. The quantitative estimate of drug-likeness (QED) is 0.747. The summed E-state index contributed by atoms with van der Waals surface area (Å²) in [7, 11) is 0. The van der Waals surface area contributed by atoms with Gasteiger partial charge in [-0.1, -0.05) is 12.1 Å². The highest BCUT2D eigenvalue weighted by Crippen LogP contribution is 2.16. The van der Waals surface area contributed by atoms with Crippen molar-refractivity contribution in [2.24, 2.45) is 0 Å². The molecule has 1 rings (SSSR count). The molecule has 0 aliphatic rings. The van der Waals surface area contributed by atoms with Gasteiger partial charge in [0.2, 0.25) is 5.91 Å². The molecule has 1 unspecified atom stereocenters. The third-order valence-corrected chi connectivity index (χ3v) is 3.14. The minimum Gasteiger partial charge on any atom is -0.389 e. The van der Waals surface area contributed by atoms with Crippen LogP contribution in [-0.2, 0) is 4.79 Å². The Morgan fingerprint density at radius 2 is 1.95 bits per heavy atom. The summed E-state index contributed by atoms with van der Waals surface area (Å²) in [5.41, 5.74) is 1.29. The second-order valence-electron chi connectivity index (χ2n) is 4.68. The summed E-state index contributed by atoms with van der Waals surface area (Å²) >= 11 is 0. The number of rotatable bonds is 6. The molecule has 0 aromatic heterocycles. The molecule has 0 aliphatic carbocycles. The van der Waals surface area contributed by atoms with E-state index in [-0.39, 0.29) is 12.5 Å². The lowest BCUT2D eigenvalue weighted by Crippen LogP contribution is -2.41. The molecule has 0 fully saturated rings. The Balaban J connectivity index is 2.51. The number of aliphatic hydroxyl groups excluding tert-OH is 1. The number of hydrogen-bond donors (Lipinski definition) is 3. The summed E-state index contributed by atoms with van der Waals surface area (Å²) in [5.74, 6) is -0.118. The van der Waals surface area contributed by atoms with Crippen molar-refractivity contribution in [3.05, 3.63) is 29.8 Å². The topological polar surface area (TPSA) is 81.7 Å². The van der Waals surface area contributed by atoms with E-state index in [0.29, 0.717) is 24.3 Å². The molecule has 0 saturated heterocycles. The lowest BCUT2D eigenvalue weighted by Gasteiger charge is -2.18. The summed E-state index contributed by atoms with van der Waals surface area (Å²) in [6.07, 6.45) is -0.598. The first-order valence-electron chi connectivity index (χ1n) is 7.08. The molecule has 0 bridgehead atoms. The minimum absolute atomic E-state index is 0.0381. The molecular formula is C15H23N3O3. The molecule has 0 aliphatic heterocycles. The van der Waals surface area contributed by atoms with Crippen LogP contribution in [-0.4, -0.2) is 41.6 Å². The van der Waals surface area contributed by atoms with Crippen LogP contribution in [0.4, 0.5) is 10.5 Å². The van der Waals surface area contributed by atoms with Crippen molar-refractivity contribution in [1.29, 1.82) is 0 Å². The first-order chi connectivity index (χ1) is 9.97. The Bertz CT molecular complexity index is 485. The smallest absolute Gasteiger partial charge is 0.319 e. The average molecular weight is 293 g/mol. The zero-order valence-electron chi connectivity index (χ0n) is 12.7. The molecule has 3 N–H and O–H groups in total. The van der Waals surface area contributed by atoms with Crippen LogP contribution in [0.5, 0.6) is 0 Å². The van der Waals surface area contributed by atoms with E-state index >= 15 is 0 Å². The Hall–Kier alpha value is -2.08. The van der Waals surface area contributed by atoms with Gasteiger partial charge in [-0.3, -0.25) is 4.79 Å². The van der Waals surface area contributed by atoms with E-state index in [1.807, 2.05) is 13.8 Å². The van der Waals surface area contributed by atoms with Crippen molar-refractivity contribution < 1.29 is 14.7 Å². The van der Waals surface area contributed by atoms with Crippen molar-refractivity contribution in [2.75, 3.05) is 25.0 Å². The number of carbonyl (C=O) groups is 2. The van der Waals surface area contributed by atoms with E-state index in [1.165, 1.54) is 0 Å². The third-order valence-electron chi connectivity index (χ3n) is 3.14. The first kappa shape index (κ1) is 17.0. The first-order valence-corrected chi connectivity index (χ1v) is 7.08. The lowest BCUT2D eigenvalue weighted by molar-refractivity contribution is -0.129. The van der Waals surface area contributed by atoms with E-state index < -0.39 is 12.1 Å². The molecule has 1 aromatic rings. The predicted octanol–water partition coefficient (Wildman–Crippen LogP) is 1.73. The van der Waals surface area contributed by atoms with Crippen molar-refractivity contribution in [1.82, 2.24) is 10.2 Å². The fraction of sp³-hybridized carbons (Fsp3) is 0.467. The van der Waals surface area contributed by atoms with E-state index in [0.717, 1.165) is 0 Å². The molecule has 21 heavy (non-hydrogen) atoms. The molecule has 116 valence electrons. The Labute approximate surface area is 125 Å². The van der Waals surface area contributed by atoms with Gasteiger partial charge in [0.05, 0.1) is 12.6 Å². The van der Waals surface area contributed by atoms with Gasteiger partial charge in [0, 0.05) is 18.8 Å². The van der Waals surface area contributed by atoms with Crippen LogP contribution >= 0.6 is 0 Å². The number of carbonyl (C=O) groups excluding carboxylic acids is 2. The SMILES string of the molecule is CCN(CC)C(=O)CNC(=O)Nc1cccc(C(C)O)c1. The largest absolute Gasteiger partial charge is 0.389 e. The molecule has 0 radical (unpaired) electrons. The predicted molar refractivity (Wildman–Crippen MR) is 82.0 cm³/mol. The number of amides is 3. The van der Waals surface area contributed by atoms with Gasteiger partial charge in [-0.25, -0.2) is 4.79 Å². The summed E-state index contributed by atoms with van der Waals surface area (Å²) in [5, 5.41) is 14.7. The molecule has 0 saturated carbocycles. The molecule has 0 heterocycles. The molecular weight excluding hydrogens is 270 g/mol. The van der Waals surface area contributed by atoms with E-state index in [4.69, 9.17) is 0 Å². The van der Waals surface area contributed by atoms with Crippen LogP contribution in [0.1, 0.15) is 32.4 Å². The van der Waals surface area contributed by atoms with Crippen LogP contribution in [0.3, 0.4) is 0 Å². The number of hydrogen-bond acceptors (Lipinski definition) is 3. The number of nitrogens with zero attached hydrogens (tertiary/aromatic N) is 1. The van der Waals surface area contributed by atoms with Gasteiger partial charge in [0.25, 0.3) is 0 Å². The van der Waals surface area contributed by atoms with Crippen LogP contribution in [0.25, 0.3) is 0 Å². The maximum absolute atomic E-state index is 11.8. The normalized spacial score (nSPS) is 11.6. The van der Waals surface area contributed by atoms with Crippen molar-refractivity contribution in [2.45, 2.75) is 26.9 Å². The van der Waals surface area contributed by atoms with Gasteiger partial charge >= 0.3 is 6.03 Å². The van der Waals surface area contributed by atoms with Gasteiger partial charge in [0.15, 0.2) is 0 Å². The zero-order valence-corrected chi connectivity index (χ0v) is 12.7. The molecule has 6 heteroatoms. The van der Waals surface area contributed by atoms with E-state index in [1.54, 1.807) is 36.1 Å². The molecule has 6 nitrogen and oxygen atoms in total. The van der Waals surface area contributed by atoms with E-state index in [2.05, 4.69) is 10.6 Å². The summed E-state index contributed by atoms with van der Waals surface area (Å²) in [4.78, 5) is 25.1. The Kier molecular flexibility index (Phi) is 6.68. The minimum atomic E-state index is -0.598. The number of likely N-dealkylation sites (N-methyl/N-ethyl adjacent to an activating group) is 1. The Morgan fingerprint density at radius 3 is 2.52 bits per heavy atom. The third kappa shape index (κ3) is 5.43. The van der Waals surface area contributed by atoms with Gasteiger partial charge in [-0.15, -0.1) is 0 Å². The zero-order chi connectivity index (χ0) is 15.8. The van der Waals surface area contributed by atoms with E-state index in [9.17, 15) is 14.7 Å². The highest BCUT2D eigenvalue weighted by Gasteiger charge is 2.11. The maximum atomic E-state index is 11.8. The number of benzene rings is 1. The summed E-state index contributed by atoms with van der Waals surface area (Å²) in [6, 6.07) is 6.49. The number of aliphatic hydroxyl groups is 1. The van der Waals surface area contributed by atoms with Crippen molar-refractivity contribution in [3.8, 4) is 0 Å². The number of nitrogens with one attached hydrogen (secondary N) is 2. The van der Waals surface area contributed by atoms with Crippen LogP contribution in [0.15, 0.2) is 24.3 Å². The van der Waals surface area contributed by atoms with Gasteiger partial charge in [0.1, 0.15) is 0 Å². The van der Waals surface area contributed by atoms with Gasteiger partial charge < -0.3 is 20.6 Å². The standard InChI is InChI=1S/C15H23N3O3/c1-4-18(5-2)14(20)10-16-15(21)17-13-8-6-7-12(9-13)11(3)19/h6-9,11,19H,4-5,10H2,1-3H3,(H2,16,17,21). The second kappa shape index (κ2) is 8.26. The highest BCUT2D eigenvalue weighted by molar-refractivity contribution is 5.92. The Morgan fingerprint density at radius 1 is 1.29 bits per heavy atom. The second-order valence-corrected chi connectivity index (χ2v) is 4.68. The van der Waals surface area contributed by atoms with Gasteiger partial charge in [-0.05, 0) is 38.5 Å². The monoisotopic (exact) mass is 293 g/mol. The van der Waals surface area contributed by atoms with Crippen LogP contribution < -0.4 is 10.6 Å². The van der Waals surface area contributed by atoms with Crippen LogP contribution in [0, 0.1) is 0 Å². The van der Waals surface area contributed by atoms with Crippen LogP contribution in [0.2, 0.25) is 0 Å². The molecule has 1 atom stereocenters. The maximum Gasteiger partial charge on any atom is 0.319 e. The summed E-state index contributed by atoms with van der Waals surface area (Å²) in [6.45, 7) is 6.64. The van der Waals surface area contributed by atoms with Gasteiger partial charge in [-0.2, -0.15) is 0 Å². The molecule has 0 spiro atoms. The average Bonchev–Trinajstić information content (AvgIpc) is 2.46. The fourth-order valence-corrected chi connectivity index (χ4v) is 1.90. The molecule has 3 amide bonds. The fourth-order valence-electron chi connectivity index (χ4n) is 1.90. The van der Waals surface area contributed by atoms with Crippen molar-refractivity contribution >= 4 is 17.6 Å².